The van der Waals surface area contributed by atoms with Gasteiger partial charge in [-0.15, -0.1) is 0 Å². The van der Waals surface area contributed by atoms with Crippen molar-refractivity contribution in [3.63, 3.8) is 0 Å². The Hall–Kier alpha value is -0.630. The molecule has 0 spiro atoms. The van der Waals surface area contributed by atoms with Crippen LogP contribution in [0.5, 0.6) is 0 Å². The first kappa shape index (κ1) is 12.8. The van der Waals surface area contributed by atoms with Crippen molar-refractivity contribution in [1.82, 2.24) is 9.55 Å². The van der Waals surface area contributed by atoms with Crippen molar-refractivity contribution in [3.05, 3.63) is 21.8 Å². The standard InChI is InChI=1S/C11H14IN3OS/c1-2-17(16)6-5-15-10-4-3-8(12)7-9(10)14-11(15)13/h3-4,7H,2,5-6H2,1H3,(H2,13,14). The number of nitrogens with two attached hydrogens (primary N) is 1. The summed E-state index contributed by atoms with van der Waals surface area (Å²) in [6, 6.07) is 6.03. The number of anilines is 1. The van der Waals surface area contributed by atoms with E-state index in [9.17, 15) is 4.21 Å². The van der Waals surface area contributed by atoms with Gasteiger partial charge < -0.3 is 10.3 Å². The molecule has 1 unspecified atom stereocenters. The highest BCUT2D eigenvalue weighted by Gasteiger charge is 2.08. The van der Waals surface area contributed by atoms with Crippen molar-refractivity contribution >= 4 is 50.4 Å². The van der Waals surface area contributed by atoms with Gasteiger partial charge in [0, 0.05) is 32.4 Å². The van der Waals surface area contributed by atoms with E-state index in [1.165, 1.54) is 0 Å². The molecule has 0 saturated heterocycles. The lowest BCUT2D eigenvalue weighted by Crippen LogP contribution is -2.11. The van der Waals surface area contributed by atoms with Crippen LogP contribution in [0.15, 0.2) is 18.2 Å². The molecule has 1 atom stereocenters. The topological polar surface area (TPSA) is 60.9 Å². The van der Waals surface area contributed by atoms with Gasteiger partial charge in [0.1, 0.15) is 0 Å². The summed E-state index contributed by atoms with van der Waals surface area (Å²) in [7, 11) is -0.773. The quantitative estimate of drug-likeness (QED) is 0.846. The number of fused-ring (bicyclic) bond motifs is 1. The van der Waals surface area contributed by atoms with Gasteiger partial charge in [-0.2, -0.15) is 0 Å². The Morgan fingerprint density at radius 3 is 3.00 bits per heavy atom. The van der Waals surface area contributed by atoms with Crippen LogP contribution < -0.4 is 5.73 Å². The molecule has 0 aliphatic rings. The van der Waals surface area contributed by atoms with Crippen LogP contribution in [-0.2, 0) is 17.3 Å². The van der Waals surface area contributed by atoms with E-state index in [4.69, 9.17) is 5.73 Å². The predicted molar refractivity (Wildman–Crippen MR) is 80.4 cm³/mol. The van der Waals surface area contributed by atoms with E-state index in [1.54, 1.807) is 0 Å². The molecule has 92 valence electrons. The van der Waals surface area contributed by atoms with Gasteiger partial charge in [-0.1, -0.05) is 6.92 Å². The van der Waals surface area contributed by atoms with Gasteiger partial charge in [-0.25, -0.2) is 4.98 Å². The molecule has 0 aliphatic carbocycles. The Bertz CT molecular complexity index is 567. The average Bonchev–Trinajstić information content (AvgIpc) is 2.61. The van der Waals surface area contributed by atoms with Crippen molar-refractivity contribution in [3.8, 4) is 0 Å². The summed E-state index contributed by atoms with van der Waals surface area (Å²) in [5, 5.41) is 0. The molecule has 1 aromatic heterocycles. The zero-order valence-corrected chi connectivity index (χ0v) is 12.5. The molecule has 0 aliphatic heterocycles. The number of aryl methyl sites for hydroxylation is 1. The van der Waals surface area contributed by atoms with Gasteiger partial charge >= 0.3 is 0 Å². The fraction of sp³-hybridized carbons (Fsp3) is 0.364. The molecular formula is C11H14IN3OS. The highest BCUT2D eigenvalue weighted by Crippen LogP contribution is 2.20. The molecule has 1 aromatic carbocycles. The average molecular weight is 363 g/mol. The smallest absolute Gasteiger partial charge is 0.201 e. The first-order chi connectivity index (χ1) is 8.11. The highest BCUT2D eigenvalue weighted by atomic mass is 127. The van der Waals surface area contributed by atoms with Crippen molar-refractivity contribution in [2.75, 3.05) is 17.2 Å². The number of nitrogens with zero attached hydrogens (tertiary/aromatic N) is 2. The number of rotatable bonds is 4. The van der Waals surface area contributed by atoms with Gasteiger partial charge in [-0.3, -0.25) is 4.21 Å². The normalized spacial score (nSPS) is 13.1. The summed E-state index contributed by atoms with van der Waals surface area (Å²) in [6.45, 7) is 2.58. The maximum Gasteiger partial charge on any atom is 0.201 e. The number of aromatic nitrogens is 2. The van der Waals surface area contributed by atoms with Crippen LogP contribution in [0.3, 0.4) is 0 Å². The lowest BCUT2D eigenvalue weighted by molar-refractivity contribution is 0.677. The van der Waals surface area contributed by atoms with Crippen molar-refractivity contribution in [2.24, 2.45) is 0 Å². The zero-order chi connectivity index (χ0) is 12.4. The minimum absolute atomic E-state index is 0.495. The molecule has 0 saturated carbocycles. The summed E-state index contributed by atoms with van der Waals surface area (Å²) in [4.78, 5) is 4.31. The Balaban J connectivity index is 2.33. The molecule has 0 radical (unpaired) electrons. The second-order valence-corrected chi connectivity index (χ2v) is 6.80. The monoisotopic (exact) mass is 363 g/mol. The predicted octanol–water partition coefficient (Wildman–Crippen LogP) is 1.99. The van der Waals surface area contributed by atoms with Crippen LogP contribution in [0, 0.1) is 3.57 Å². The molecule has 2 rings (SSSR count). The van der Waals surface area contributed by atoms with Crippen LogP contribution >= 0.6 is 22.6 Å². The second kappa shape index (κ2) is 5.34. The fourth-order valence-electron chi connectivity index (χ4n) is 1.69. The number of nitrogen functional groups attached to an aromatic ring is 1. The minimum Gasteiger partial charge on any atom is -0.369 e. The van der Waals surface area contributed by atoms with Crippen LogP contribution in [0.4, 0.5) is 5.95 Å². The zero-order valence-electron chi connectivity index (χ0n) is 9.52. The lowest BCUT2D eigenvalue weighted by atomic mass is 10.3. The molecule has 0 bridgehead atoms. The second-order valence-electron chi connectivity index (χ2n) is 3.69. The third kappa shape index (κ3) is 2.79. The largest absolute Gasteiger partial charge is 0.369 e. The number of imidazole rings is 1. The van der Waals surface area contributed by atoms with Gasteiger partial charge in [0.15, 0.2) is 0 Å². The minimum atomic E-state index is -0.773. The summed E-state index contributed by atoms with van der Waals surface area (Å²) < 4.78 is 14.5. The van der Waals surface area contributed by atoms with E-state index in [2.05, 4.69) is 27.6 Å². The number of benzene rings is 1. The molecule has 0 amide bonds. The van der Waals surface area contributed by atoms with E-state index < -0.39 is 10.8 Å². The lowest BCUT2D eigenvalue weighted by Gasteiger charge is -2.05. The summed E-state index contributed by atoms with van der Waals surface area (Å²) in [5.74, 6) is 1.80. The molecule has 17 heavy (non-hydrogen) atoms. The Morgan fingerprint density at radius 2 is 2.29 bits per heavy atom. The Kier molecular flexibility index (Phi) is 4.03. The highest BCUT2D eigenvalue weighted by molar-refractivity contribution is 14.1. The van der Waals surface area contributed by atoms with Gasteiger partial charge in [0.2, 0.25) is 5.95 Å². The first-order valence-electron chi connectivity index (χ1n) is 5.38. The van der Waals surface area contributed by atoms with Crippen LogP contribution in [0.1, 0.15) is 6.92 Å². The maximum atomic E-state index is 11.4. The molecule has 1 heterocycles. The Morgan fingerprint density at radius 1 is 1.53 bits per heavy atom. The number of halogens is 1. The van der Waals surface area contributed by atoms with Crippen molar-refractivity contribution < 1.29 is 4.21 Å². The summed E-state index contributed by atoms with van der Waals surface area (Å²) in [6.07, 6.45) is 0. The van der Waals surface area contributed by atoms with E-state index >= 15 is 0 Å². The fourth-order valence-corrected chi connectivity index (χ4v) is 2.84. The Labute approximate surface area is 116 Å². The summed E-state index contributed by atoms with van der Waals surface area (Å²) in [5.41, 5.74) is 7.79. The third-order valence-corrected chi connectivity index (χ3v) is 4.56. The number of hydrogen-bond donors (Lipinski definition) is 1. The molecule has 4 nitrogen and oxygen atoms in total. The SMILES string of the molecule is CCS(=O)CCn1c(N)nc2cc(I)ccc21. The third-order valence-electron chi connectivity index (χ3n) is 2.60. The number of hydrogen-bond acceptors (Lipinski definition) is 3. The van der Waals surface area contributed by atoms with E-state index in [-0.39, 0.29) is 0 Å². The van der Waals surface area contributed by atoms with Gasteiger partial charge in [0.05, 0.1) is 11.0 Å². The maximum absolute atomic E-state index is 11.4. The van der Waals surface area contributed by atoms with Gasteiger partial charge in [0.25, 0.3) is 0 Å². The molecule has 6 heteroatoms. The molecule has 0 fully saturated rings. The van der Waals surface area contributed by atoms with E-state index in [1.807, 2.05) is 29.7 Å². The van der Waals surface area contributed by atoms with Crippen LogP contribution in [0.25, 0.3) is 11.0 Å². The first-order valence-corrected chi connectivity index (χ1v) is 7.94. The summed E-state index contributed by atoms with van der Waals surface area (Å²) >= 11 is 2.25. The van der Waals surface area contributed by atoms with Gasteiger partial charge in [-0.05, 0) is 40.8 Å². The molecule has 2 N–H and O–H groups in total. The van der Waals surface area contributed by atoms with Crippen molar-refractivity contribution in [1.29, 1.82) is 0 Å². The van der Waals surface area contributed by atoms with Crippen LogP contribution in [0.2, 0.25) is 0 Å². The van der Waals surface area contributed by atoms with Crippen molar-refractivity contribution in [2.45, 2.75) is 13.5 Å². The molecular weight excluding hydrogens is 349 g/mol. The van der Waals surface area contributed by atoms with E-state index in [0.29, 0.717) is 24.0 Å². The van der Waals surface area contributed by atoms with Crippen LogP contribution in [-0.4, -0.2) is 25.3 Å². The molecule has 2 aromatic rings. The van der Waals surface area contributed by atoms with E-state index in [0.717, 1.165) is 14.6 Å².